The van der Waals surface area contributed by atoms with Gasteiger partial charge in [-0.05, 0) is 99.0 Å². The van der Waals surface area contributed by atoms with Crippen molar-refractivity contribution in [3.63, 3.8) is 0 Å². The van der Waals surface area contributed by atoms with Crippen molar-refractivity contribution < 1.29 is 27.5 Å². The summed E-state index contributed by atoms with van der Waals surface area (Å²) >= 11 is 0. The molecule has 49 heavy (non-hydrogen) atoms. The molecule has 4 amide bonds. The maximum atomic E-state index is 13.2. The standard InChI is InChI=1S/C37H41F3N6O3/c1-23-8-12-28(13-9-23)46-33(22-32(44-46)36(2,3)4)43-34(47)41-27-7-5-6-24(19-27)18-25-20-29-14-15-30(21-25)45(29)35(48)42-26-10-16-31(17-11-26)49-37(38,39)40/h5-13,16-17,19,22,25,29-30H,14-15,18,20-21H2,1-4H3,(H,42,48)(H2,41,43,47). The lowest BCUT2D eigenvalue weighted by Gasteiger charge is -2.39. The summed E-state index contributed by atoms with van der Waals surface area (Å²) in [6.45, 7) is 8.26. The molecule has 2 fully saturated rings. The number of hydrogen-bond donors (Lipinski definition) is 3. The molecule has 2 unspecified atom stereocenters. The summed E-state index contributed by atoms with van der Waals surface area (Å²) in [7, 11) is 0. The van der Waals surface area contributed by atoms with E-state index in [2.05, 4.69) is 47.5 Å². The van der Waals surface area contributed by atoms with E-state index in [9.17, 15) is 22.8 Å². The summed E-state index contributed by atoms with van der Waals surface area (Å²) in [4.78, 5) is 28.3. The van der Waals surface area contributed by atoms with Gasteiger partial charge in [0, 0.05) is 34.9 Å². The first-order chi connectivity index (χ1) is 23.2. The second kappa shape index (κ2) is 13.5. The largest absolute Gasteiger partial charge is 0.573 e. The van der Waals surface area contributed by atoms with Crippen LogP contribution in [-0.2, 0) is 11.8 Å². The first-order valence-electron chi connectivity index (χ1n) is 16.5. The van der Waals surface area contributed by atoms with Gasteiger partial charge in [0.2, 0.25) is 0 Å². The number of nitrogens with zero attached hydrogens (tertiary/aromatic N) is 3. The highest BCUT2D eigenvalue weighted by molar-refractivity contribution is 5.99. The molecule has 258 valence electrons. The lowest BCUT2D eigenvalue weighted by Crippen LogP contribution is -2.48. The molecule has 2 saturated heterocycles. The minimum absolute atomic E-state index is 0.0834. The van der Waals surface area contributed by atoms with E-state index in [1.54, 1.807) is 4.68 Å². The monoisotopic (exact) mass is 674 g/mol. The van der Waals surface area contributed by atoms with Gasteiger partial charge in [-0.1, -0.05) is 50.6 Å². The van der Waals surface area contributed by atoms with E-state index in [-0.39, 0.29) is 35.3 Å². The van der Waals surface area contributed by atoms with Gasteiger partial charge < -0.3 is 20.3 Å². The number of fused-ring (bicyclic) bond motifs is 2. The molecule has 4 aromatic rings. The first kappa shape index (κ1) is 33.9. The molecule has 3 N–H and O–H groups in total. The van der Waals surface area contributed by atoms with Crippen molar-refractivity contribution in [3.05, 3.63) is 95.7 Å². The molecule has 0 spiro atoms. The Kier molecular flexibility index (Phi) is 9.32. The van der Waals surface area contributed by atoms with E-state index in [1.807, 2.05) is 60.4 Å². The fourth-order valence-electron chi connectivity index (χ4n) is 6.82. The van der Waals surface area contributed by atoms with Gasteiger partial charge in [-0.15, -0.1) is 13.2 Å². The van der Waals surface area contributed by atoms with Gasteiger partial charge in [0.25, 0.3) is 0 Å². The number of carbonyl (C=O) groups excluding carboxylic acids is 2. The Morgan fingerprint density at radius 2 is 1.53 bits per heavy atom. The fraction of sp³-hybridized carbons (Fsp3) is 0.378. The van der Waals surface area contributed by atoms with Gasteiger partial charge in [-0.3, -0.25) is 5.32 Å². The quantitative estimate of drug-likeness (QED) is 0.182. The number of carbonyl (C=O) groups is 2. The van der Waals surface area contributed by atoms with E-state index in [1.165, 1.54) is 24.3 Å². The van der Waals surface area contributed by atoms with Gasteiger partial charge in [0.1, 0.15) is 11.6 Å². The Balaban J connectivity index is 1.06. The van der Waals surface area contributed by atoms with Crippen molar-refractivity contribution >= 4 is 29.3 Å². The number of ether oxygens (including phenoxy) is 1. The van der Waals surface area contributed by atoms with Crippen LogP contribution in [0.3, 0.4) is 0 Å². The molecule has 3 aromatic carbocycles. The summed E-state index contributed by atoms with van der Waals surface area (Å²) in [6.07, 6.45) is -0.449. The number of alkyl halides is 3. The number of nitrogens with one attached hydrogen (secondary N) is 3. The van der Waals surface area contributed by atoms with Gasteiger partial charge in [0.15, 0.2) is 0 Å². The number of aryl methyl sites for hydroxylation is 1. The van der Waals surface area contributed by atoms with Crippen molar-refractivity contribution in [2.45, 2.75) is 83.7 Å². The van der Waals surface area contributed by atoms with Crippen molar-refractivity contribution in [3.8, 4) is 11.4 Å². The minimum atomic E-state index is -4.77. The van der Waals surface area contributed by atoms with Crippen LogP contribution in [0.2, 0.25) is 0 Å². The Labute approximate surface area is 283 Å². The summed E-state index contributed by atoms with van der Waals surface area (Å²) in [6, 6.07) is 22.4. The zero-order chi connectivity index (χ0) is 34.9. The van der Waals surface area contributed by atoms with Crippen LogP contribution in [0.5, 0.6) is 5.75 Å². The third-order valence-corrected chi connectivity index (χ3v) is 9.11. The number of urea groups is 2. The Hall–Kier alpha value is -5.00. The second-order valence-corrected chi connectivity index (χ2v) is 14.0. The highest BCUT2D eigenvalue weighted by Gasteiger charge is 2.43. The molecular formula is C37H41F3N6O3. The maximum Gasteiger partial charge on any atom is 0.573 e. The SMILES string of the molecule is Cc1ccc(-n2nc(C(C)(C)C)cc2NC(=O)Nc2cccc(CC3CC4CCC(C3)N4C(=O)Nc3ccc(OC(F)(F)F)cc3)c2)cc1. The molecule has 3 heterocycles. The number of anilines is 3. The highest BCUT2D eigenvalue weighted by Crippen LogP contribution is 2.40. The predicted molar refractivity (Wildman–Crippen MR) is 183 cm³/mol. The van der Waals surface area contributed by atoms with Crippen LogP contribution in [0, 0.1) is 12.8 Å². The Morgan fingerprint density at radius 3 is 2.16 bits per heavy atom. The molecule has 0 radical (unpaired) electrons. The van der Waals surface area contributed by atoms with Crippen LogP contribution in [0.15, 0.2) is 78.9 Å². The lowest BCUT2D eigenvalue weighted by molar-refractivity contribution is -0.274. The number of aromatic nitrogens is 2. The average molecular weight is 675 g/mol. The van der Waals surface area contributed by atoms with E-state index < -0.39 is 6.36 Å². The number of halogens is 3. The van der Waals surface area contributed by atoms with E-state index in [0.717, 1.165) is 54.6 Å². The third-order valence-electron chi connectivity index (χ3n) is 9.11. The van der Waals surface area contributed by atoms with Gasteiger partial charge >= 0.3 is 18.4 Å². The number of amides is 4. The summed E-state index contributed by atoms with van der Waals surface area (Å²) < 4.78 is 43.1. The van der Waals surface area contributed by atoms with Crippen LogP contribution in [0.1, 0.15) is 63.3 Å². The zero-order valence-corrected chi connectivity index (χ0v) is 28.0. The summed E-state index contributed by atoms with van der Waals surface area (Å²) in [5.74, 6) is 0.594. The van der Waals surface area contributed by atoms with Gasteiger partial charge in [-0.25, -0.2) is 14.3 Å². The average Bonchev–Trinajstić information content (AvgIpc) is 3.56. The topological polar surface area (TPSA) is 101 Å². The molecule has 12 heteroatoms. The number of rotatable bonds is 7. The predicted octanol–water partition coefficient (Wildman–Crippen LogP) is 9.04. The Morgan fingerprint density at radius 1 is 0.857 bits per heavy atom. The normalized spacial score (nSPS) is 19.0. The molecule has 9 nitrogen and oxygen atoms in total. The highest BCUT2D eigenvalue weighted by atomic mass is 19.4. The van der Waals surface area contributed by atoms with Crippen LogP contribution in [0.4, 0.5) is 40.0 Å². The minimum Gasteiger partial charge on any atom is -0.406 e. The lowest BCUT2D eigenvalue weighted by atomic mass is 9.86. The molecule has 2 bridgehead atoms. The molecule has 2 atom stereocenters. The molecule has 2 aliphatic rings. The van der Waals surface area contributed by atoms with Crippen LogP contribution < -0.4 is 20.7 Å². The smallest absolute Gasteiger partial charge is 0.406 e. The summed E-state index contributed by atoms with van der Waals surface area (Å²) in [5, 5.41) is 13.6. The molecule has 6 rings (SSSR count). The van der Waals surface area contributed by atoms with Gasteiger partial charge in [-0.2, -0.15) is 5.10 Å². The second-order valence-electron chi connectivity index (χ2n) is 14.0. The number of piperidine rings is 1. The van der Waals surface area contributed by atoms with E-state index in [0.29, 0.717) is 23.1 Å². The summed E-state index contributed by atoms with van der Waals surface area (Å²) in [5.41, 5.74) is 4.82. The fourth-order valence-corrected chi connectivity index (χ4v) is 6.82. The number of hydrogen-bond acceptors (Lipinski definition) is 4. The van der Waals surface area contributed by atoms with Crippen LogP contribution >= 0.6 is 0 Å². The van der Waals surface area contributed by atoms with E-state index in [4.69, 9.17) is 5.10 Å². The van der Waals surface area contributed by atoms with E-state index >= 15 is 0 Å². The molecule has 2 aliphatic heterocycles. The first-order valence-corrected chi connectivity index (χ1v) is 16.5. The van der Waals surface area contributed by atoms with Crippen molar-refractivity contribution in [2.24, 2.45) is 5.92 Å². The molecule has 0 saturated carbocycles. The maximum absolute atomic E-state index is 13.2. The molecule has 1 aromatic heterocycles. The number of benzene rings is 3. The van der Waals surface area contributed by atoms with Gasteiger partial charge in [0.05, 0.1) is 11.4 Å². The van der Waals surface area contributed by atoms with Crippen LogP contribution in [0.25, 0.3) is 5.69 Å². The van der Waals surface area contributed by atoms with Crippen molar-refractivity contribution in [1.82, 2.24) is 14.7 Å². The van der Waals surface area contributed by atoms with Crippen LogP contribution in [-0.4, -0.2) is 45.2 Å². The third kappa shape index (κ3) is 8.36. The molecular weight excluding hydrogens is 633 g/mol. The van der Waals surface area contributed by atoms with Crippen molar-refractivity contribution in [2.75, 3.05) is 16.0 Å². The Bertz CT molecular complexity index is 1780. The molecule has 0 aliphatic carbocycles. The zero-order valence-electron chi connectivity index (χ0n) is 28.0. The van der Waals surface area contributed by atoms with Crippen molar-refractivity contribution in [1.29, 1.82) is 0 Å².